The third-order valence-corrected chi connectivity index (χ3v) is 7.33. The van der Waals surface area contributed by atoms with Gasteiger partial charge in [0.1, 0.15) is 5.69 Å². The Balaban J connectivity index is 1.41. The van der Waals surface area contributed by atoms with E-state index in [-0.39, 0.29) is 27.1 Å². The molecule has 5 aromatic rings. The number of amides is 2. The van der Waals surface area contributed by atoms with E-state index in [1.54, 1.807) is 42.5 Å². The molecule has 44 heavy (non-hydrogen) atoms. The highest BCUT2D eigenvalue weighted by atomic mass is 35.5. The summed E-state index contributed by atoms with van der Waals surface area (Å²) in [7, 11) is 0. The van der Waals surface area contributed by atoms with Crippen molar-refractivity contribution in [2.45, 2.75) is 12.6 Å². The van der Waals surface area contributed by atoms with Crippen molar-refractivity contribution in [3.8, 4) is 17.3 Å². The van der Waals surface area contributed by atoms with E-state index < -0.39 is 29.4 Å². The third kappa shape index (κ3) is 5.73. The van der Waals surface area contributed by atoms with Crippen molar-refractivity contribution in [1.29, 1.82) is 0 Å². The molecular weight excluding hydrogens is 622 g/mol. The number of benzene rings is 3. The molecule has 3 heterocycles. The monoisotopic (exact) mass is 641 g/mol. The van der Waals surface area contributed by atoms with E-state index in [1.165, 1.54) is 24.4 Å². The van der Waals surface area contributed by atoms with Gasteiger partial charge in [-0.25, -0.2) is 9.67 Å². The fraction of sp³-hybridized carbons (Fsp3) is 0.133. The Hall–Kier alpha value is -4.81. The molecule has 14 heteroatoms. The summed E-state index contributed by atoms with van der Waals surface area (Å²) in [6.07, 6.45) is -2.89. The number of hydrogen-bond donors (Lipinski definition) is 2. The number of anilines is 2. The second-order valence-electron chi connectivity index (χ2n) is 9.59. The standard InChI is InChI=1S/C30H20Cl2F3N5O4/c31-20-7-3-10-36-27(20)40-21(15-24(39-40)30(33,34)35)29(42)38-26-19(13-16-5-1-2-6-18(16)25(26)32)28(41)37-17-8-9-22-23(14-17)44-12-4-11-43-22/h1-3,5-10,13-15H,4,11-12H2,(H,37,41)(H,38,42). The number of rotatable bonds is 5. The second-order valence-corrected chi connectivity index (χ2v) is 10.4. The van der Waals surface area contributed by atoms with E-state index in [0.717, 1.165) is 0 Å². The molecule has 224 valence electrons. The van der Waals surface area contributed by atoms with E-state index >= 15 is 0 Å². The van der Waals surface area contributed by atoms with Gasteiger partial charge in [-0.15, -0.1) is 0 Å². The summed E-state index contributed by atoms with van der Waals surface area (Å²) in [5.41, 5.74) is -1.70. The van der Waals surface area contributed by atoms with Gasteiger partial charge in [0.05, 0.1) is 34.5 Å². The summed E-state index contributed by atoms with van der Waals surface area (Å²) in [6.45, 7) is 0.935. The maximum atomic E-state index is 13.7. The number of pyridine rings is 1. The first-order valence-corrected chi connectivity index (χ1v) is 13.9. The molecule has 0 unspecified atom stereocenters. The van der Waals surface area contributed by atoms with Crippen LogP contribution in [-0.2, 0) is 6.18 Å². The van der Waals surface area contributed by atoms with Gasteiger partial charge in [-0.05, 0) is 35.7 Å². The average molecular weight is 642 g/mol. The maximum Gasteiger partial charge on any atom is 0.435 e. The Labute approximate surface area is 257 Å². The van der Waals surface area contributed by atoms with Crippen LogP contribution in [0.2, 0.25) is 10.0 Å². The molecule has 6 rings (SSSR count). The van der Waals surface area contributed by atoms with Crippen molar-refractivity contribution >= 4 is 57.2 Å². The second kappa shape index (κ2) is 11.7. The van der Waals surface area contributed by atoms with Crippen molar-refractivity contribution in [1.82, 2.24) is 14.8 Å². The van der Waals surface area contributed by atoms with Crippen LogP contribution in [0.1, 0.15) is 33.0 Å². The molecule has 0 aliphatic carbocycles. The van der Waals surface area contributed by atoms with Crippen LogP contribution in [0.3, 0.4) is 0 Å². The van der Waals surface area contributed by atoms with Gasteiger partial charge in [0, 0.05) is 35.8 Å². The first-order valence-electron chi connectivity index (χ1n) is 13.1. The van der Waals surface area contributed by atoms with Crippen molar-refractivity contribution in [3.05, 3.63) is 99.9 Å². The van der Waals surface area contributed by atoms with Gasteiger partial charge in [0.25, 0.3) is 11.8 Å². The van der Waals surface area contributed by atoms with Gasteiger partial charge in [0.2, 0.25) is 0 Å². The highest BCUT2D eigenvalue weighted by Crippen LogP contribution is 2.37. The Bertz CT molecular complexity index is 1930. The average Bonchev–Trinajstić information content (AvgIpc) is 3.33. The topological polar surface area (TPSA) is 107 Å². The quantitative estimate of drug-likeness (QED) is 0.207. The number of carbonyl (C=O) groups excluding carboxylic acids is 2. The van der Waals surface area contributed by atoms with Gasteiger partial charge in [-0.1, -0.05) is 47.5 Å². The molecule has 9 nitrogen and oxygen atoms in total. The SMILES string of the molecule is O=C(Nc1ccc2c(c1)OCCCO2)c1cc2ccccc2c(Cl)c1NC(=O)c1cc(C(F)(F)F)nn1-c1ncccc1Cl. The van der Waals surface area contributed by atoms with Crippen LogP contribution in [0.5, 0.6) is 11.5 Å². The molecule has 3 aromatic carbocycles. The lowest BCUT2D eigenvalue weighted by atomic mass is 10.0. The van der Waals surface area contributed by atoms with Crippen molar-refractivity contribution in [2.75, 3.05) is 23.8 Å². The van der Waals surface area contributed by atoms with E-state index in [4.69, 9.17) is 32.7 Å². The molecule has 0 fully saturated rings. The lowest BCUT2D eigenvalue weighted by Crippen LogP contribution is -2.21. The molecule has 0 saturated heterocycles. The van der Waals surface area contributed by atoms with Crippen molar-refractivity contribution in [2.24, 2.45) is 0 Å². The van der Waals surface area contributed by atoms with Gasteiger partial charge < -0.3 is 20.1 Å². The molecule has 0 atom stereocenters. The zero-order chi connectivity index (χ0) is 31.0. The minimum Gasteiger partial charge on any atom is -0.490 e. The molecule has 2 aromatic heterocycles. The predicted molar refractivity (Wildman–Crippen MR) is 158 cm³/mol. The van der Waals surface area contributed by atoms with E-state index in [9.17, 15) is 22.8 Å². The van der Waals surface area contributed by atoms with E-state index in [2.05, 4.69) is 20.7 Å². The highest BCUT2D eigenvalue weighted by Gasteiger charge is 2.37. The number of aromatic nitrogens is 3. The van der Waals surface area contributed by atoms with Crippen LogP contribution < -0.4 is 20.1 Å². The Morgan fingerprint density at radius 1 is 0.886 bits per heavy atom. The maximum absolute atomic E-state index is 13.7. The van der Waals surface area contributed by atoms with Crippen LogP contribution in [-0.4, -0.2) is 39.8 Å². The molecule has 0 bridgehead atoms. The molecule has 0 spiro atoms. The molecule has 2 amide bonds. The first-order chi connectivity index (χ1) is 21.1. The fourth-order valence-electron chi connectivity index (χ4n) is 4.60. The lowest BCUT2D eigenvalue weighted by molar-refractivity contribution is -0.141. The molecule has 1 aliphatic rings. The Morgan fingerprint density at radius 3 is 2.43 bits per heavy atom. The summed E-state index contributed by atoms with van der Waals surface area (Å²) < 4.78 is 53.1. The summed E-state index contributed by atoms with van der Waals surface area (Å²) >= 11 is 12.9. The smallest absolute Gasteiger partial charge is 0.435 e. The number of carbonyl (C=O) groups is 2. The lowest BCUT2D eigenvalue weighted by Gasteiger charge is -2.16. The normalized spacial score (nSPS) is 12.9. The predicted octanol–water partition coefficient (Wildman–Crippen LogP) is 7.41. The van der Waals surface area contributed by atoms with Gasteiger partial charge in [-0.3, -0.25) is 9.59 Å². The minimum atomic E-state index is -4.88. The molecule has 1 aliphatic heterocycles. The van der Waals surface area contributed by atoms with Gasteiger partial charge in [-0.2, -0.15) is 18.3 Å². The minimum absolute atomic E-state index is 0.00163. The van der Waals surface area contributed by atoms with Crippen LogP contribution >= 0.6 is 23.2 Å². The van der Waals surface area contributed by atoms with Crippen LogP contribution in [0.15, 0.2) is 72.9 Å². The van der Waals surface area contributed by atoms with Crippen LogP contribution in [0.4, 0.5) is 24.5 Å². The zero-order valence-electron chi connectivity index (χ0n) is 22.4. The molecular formula is C30H20Cl2F3N5O4. The number of halogens is 5. The largest absolute Gasteiger partial charge is 0.490 e. The Kier molecular flexibility index (Phi) is 7.78. The summed E-state index contributed by atoms with van der Waals surface area (Å²) in [6, 6.07) is 16.7. The number of fused-ring (bicyclic) bond motifs is 2. The molecule has 0 radical (unpaired) electrons. The number of ether oxygens (including phenoxy) is 2. The summed E-state index contributed by atoms with van der Waals surface area (Å²) in [5, 5.41) is 9.88. The zero-order valence-corrected chi connectivity index (χ0v) is 23.9. The van der Waals surface area contributed by atoms with Crippen molar-refractivity contribution in [3.63, 3.8) is 0 Å². The van der Waals surface area contributed by atoms with Gasteiger partial charge >= 0.3 is 6.18 Å². The number of nitrogens with zero attached hydrogens (tertiary/aromatic N) is 3. The molecule has 0 saturated carbocycles. The summed E-state index contributed by atoms with van der Waals surface area (Å²) in [4.78, 5) is 31.3. The van der Waals surface area contributed by atoms with Crippen LogP contribution in [0.25, 0.3) is 16.6 Å². The van der Waals surface area contributed by atoms with E-state index in [1.807, 2.05) is 0 Å². The third-order valence-electron chi connectivity index (χ3n) is 6.65. The van der Waals surface area contributed by atoms with Crippen molar-refractivity contribution < 1.29 is 32.2 Å². The summed E-state index contributed by atoms with van der Waals surface area (Å²) in [5.74, 6) is -0.916. The Morgan fingerprint density at radius 2 is 1.66 bits per heavy atom. The van der Waals surface area contributed by atoms with E-state index in [0.29, 0.717) is 58.3 Å². The van der Waals surface area contributed by atoms with Crippen LogP contribution in [0, 0.1) is 0 Å². The number of nitrogens with one attached hydrogen (secondary N) is 2. The highest BCUT2D eigenvalue weighted by molar-refractivity contribution is 6.40. The fourth-order valence-corrected chi connectivity index (χ4v) is 5.12. The molecule has 2 N–H and O–H groups in total. The number of hydrogen-bond acceptors (Lipinski definition) is 6. The number of alkyl halides is 3. The van der Waals surface area contributed by atoms with Gasteiger partial charge in [0.15, 0.2) is 23.0 Å². The first kappa shape index (κ1) is 29.3.